The molecule has 3 aromatic heterocycles. The van der Waals surface area contributed by atoms with Gasteiger partial charge in [0.05, 0.1) is 18.9 Å². The van der Waals surface area contributed by atoms with Crippen molar-refractivity contribution in [3.8, 4) is 11.8 Å². The summed E-state index contributed by atoms with van der Waals surface area (Å²) in [5, 5.41) is 10.8. The van der Waals surface area contributed by atoms with Crippen LogP contribution in [0.3, 0.4) is 0 Å². The van der Waals surface area contributed by atoms with Crippen LogP contribution in [-0.4, -0.2) is 51.5 Å². The van der Waals surface area contributed by atoms with Gasteiger partial charge >= 0.3 is 6.01 Å². The number of nitrogens with zero attached hydrogens (tertiary/aromatic N) is 4. The monoisotopic (exact) mass is 449 g/mol. The van der Waals surface area contributed by atoms with Crippen molar-refractivity contribution in [3.63, 3.8) is 0 Å². The number of rotatable bonds is 6. The van der Waals surface area contributed by atoms with Gasteiger partial charge in [0.15, 0.2) is 17.4 Å². The number of halogens is 1. The Bertz CT molecular complexity index is 1310. The Labute approximate surface area is 189 Å². The molecule has 9 nitrogen and oxygen atoms in total. The van der Waals surface area contributed by atoms with Gasteiger partial charge in [-0.2, -0.15) is 15.1 Å². The van der Waals surface area contributed by atoms with Gasteiger partial charge in [-0.15, -0.1) is 0 Å². The SMILES string of the molecule is C/C=C/c1cc(Nc2cc(N3CCOCC3)nc(Oc3ccc4[nH]c(C)cc4c3F)n2)n[nH]1. The molecule has 1 fully saturated rings. The van der Waals surface area contributed by atoms with Gasteiger partial charge in [-0.1, -0.05) is 6.08 Å². The van der Waals surface area contributed by atoms with Crippen LogP contribution in [0.4, 0.5) is 21.8 Å². The minimum absolute atomic E-state index is 0.0382. The Kier molecular flexibility index (Phi) is 5.66. The van der Waals surface area contributed by atoms with Gasteiger partial charge in [0.2, 0.25) is 0 Å². The predicted octanol–water partition coefficient (Wildman–Crippen LogP) is 4.53. The van der Waals surface area contributed by atoms with E-state index < -0.39 is 5.82 Å². The molecule has 4 heterocycles. The predicted molar refractivity (Wildman–Crippen MR) is 125 cm³/mol. The minimum atomic E-state index is -0.463. The number of hydrogen-bond donors (Lipinski definition) is 3. The highest BCUT2D eigenvalue weighted by atomic mass is 19.1. The van der Waals surface area contributed by atoms with Crippen molar-refractivity contribution in [2.75, 3.05) is 36.5 Å². The highest BCUT2D eigenvalue weighted by molar-refractivity contribution is 5.82. The standard InChI is InChI=1S/C23H24FN7O2/c1-3-4-15-12-20(30-29-15)26-19-13-21(31-7-9-32-10-8-31)28-23(27-19)33-18-6-5-17-16(22(18)24)11-14(2)25-17/h3-6,11-13,25H,7-10H2,1-2H3,(H2,26,27,28,29,30)/b4-3+. The third-order valence-corrected chi connectivity index (χ3v) is 5.27. The van der Waals surface area contributed by atoms with Crippen LogP contribution in [0.5, 0.6) is 11.8 Å². The van der Waals surface area contributed by atoms with Crippen molar-refractivity contribution in [2.24, 2.45) is 0 Å². The van der Waals surface area contributed by atoms with Crippen LogP contribution in [0, 0.1) is 12.7 Å². The number of anilines is 3. The average Bonchev–Trinajstić information content (AvgIpc) is 3.42. The molecule has 5 rings (SSSR count). The second-order valence-corrected chi connectivity index (χ2v) is 7.72. The van der Waals surface area contributed by atoms with Gasteiger partial charge in [-0.3, -0.25) is 5.10 Å². The Morgan fingerprint density at radius 3 is 2.82 bits per heavy atom. The summed E-state index contributed by atoms with van der Waals surface area (Å²) in [5.74, 6) is 1.33. The fraction of sp³-hybridized carbons (Fsp3) is 0.261. The maximum Gasteiger partial charge on any atom is 0.326 e. The topological polar surface area (TPSA) is 104 Å². The van der Waals surface area contributed by atoms with E-state index in [4.69, 9.17) is 9.47 Å². The first kappa shape index (κ1) is 21.0. The van der Waals surface area contributed by atoms with E-state index in [1.165, 1.54) is 0 Å². The summed E-state index contributed by atoms with van der Waals surface area (Å²) in [6.07, 6.45) is 3.83. The molecule has 0 amide bonds. The highest BCUT2D eigenvalue weighted by Crippen LogP contribution is 2.31. The number of hydrogen-bond acceptors (Lipinski definition) is 7. The Morgan fingerprint density at radius 2 is 2.00 bits per heavy atom. The van der Waals surface area contributed by atoms with Crippen LogP contribution in [0.25, 0.3) is 17.0 Å². The Hall–Kier alpha value is -3.92. The van der Waals surface area contributed by atoms with Crippen LogP contribution in [0.15, 0.2) is 36.4 Å². The molecular formula is C23H24FN7O2. The largest absolute Gasteiger partial charge is 0.421 e. The number of H-pyrrole nitrogens is 2. The van der Waals surface area contributed by atoms with Gasteiger partial charge in [0, 0.05) is 41.8 Å². The number of nitrogens with one attached hydrogen (secondary N) is 3. The molecule has 1 aromatic carbocycles. The van der Waals surface area contributed by atoms with E-state index >= 15 is 4.39 Å². The van der Waals surface area contributed by atoms with Crippen molar-refractivity contribution in [2.45, 2.75) is 13.8 Å². The van der Waals surface area contributed by atoms with Crippen molar-refractivity contribution < 1.29 is 13.9 Å². The minimum Gasteiger partial charge on any atom is -0.421 e. The fourth-order valence-electron chi connectivity index (χ4n) is 3.74. The number of ether oxygens (including phenoxy) is 2. The summed E-state index contributed by atoms with van der Waals surface area (Å²) in [6.45, 7) is 6.39. The summed E-state index contributed by atoms with van der Waals surface area (Å²) >= 11 is 0. The second kappa shape index (κ2) is 8.91. The number of morpholine rings is 1. The van der Waals surface area contributed by atoms with Crippen LogP contribution >= 0.6 is 0 Å². The normalized spacial score (nSPS) is 14.3. The molecule has 1 saturated heterocycles. The molecule has 0 atom stereocenters. The van der Waals surface area contributed by atoms with Crippen LogP contribution in [0.1, 0.15) is 18.3 Å². The van der Waals surface area contributed by atoms with Crippen molar-refractivity contribution in [3.05, 3.63) is 53.6 Å². The molecule has 1 aliphatic rings. The van der Waals surface area contributed by atoms with Crippen LogP contribution < -0.4 is 15.0 Å². The average molecular weight is 449 g/mol. The lowest BCUT2D eigenvalue weighted by atomic mass is 10.2. The Morgan fingerprint density at radius 1 is 1.15 bits per heavy atom. The van der Waals surface area contributed by atoms with E-state index in [0.29, 0.717) is 54.7 Å². The second-order valence-electron chi connectivity index (χ2n) is 7.72. The van der Waals surface area contributed by atoms with Gasteiger partial charge in [-0.05, 0) is 38.1 Å². The third-order valence-electron chi connectivity index (χ3n) is 5.27. The van der Waals surface area contributed by atoms with Gasteiger partial charge < -0.3 is 24.7 Å². The maximum atomic E-state index is 15.1. The van der Waals surface area contributed by atoms with E-state index in [1.807, 2.05) is 38.1 Å². The lowest BCUT2D eigenvalue weighted by molar-refractivity contribution is 0.122. The van der Waals surface area contributed by atoms with E-state index in [9.17, 15) is 0 Å². The number of aromatic amines is 2. The van der Waals surface area contributed by atoms with E-state index in [2.05, 4.69) is 35.4 Å². The highest BCUT2D eigenvalue weighted by Gasteiger charge is 2.18. The molecule has 0 radical (unpaired) electrons. The smallest absolute Gasteiger partial charge is 0.326 e. The van der Waals surface area contributed by atoms with Gasteiger partial charge in [0.1, 0.15) is 11.6 Å². The first-order valence-corrected chi connectivity index (χ1v) is 10.7. The molecule has 0 saturated carbocycles. The Balaban J connectivity index is 1.48. The lowest BCUT2D eigenvalue weighted by Crippen LogP contribution is -2.36. The molecular weight excluding hydrogens is 425 g/mol. The van der Waals surface area contributed by atoms with E-state index in [-0.39, 0.29) is 11.8 Å². The summed E-state index contributed by atoms with van der Waals surface area (Å²) in [5.41, 5.74) is 2.43. The fourth-order valence-corrected chi connectivity index (χ4v) is 3.74. The third kappa shape index (κ3) is 4.51. The van der Waals surface area contributed by atoms with E-state index in [0.717, 1.165) is 11.4 Å². The number of allylic oxidation sites excluding steroid dienone is 1. The van der Waals surface area contributed by atoms with E-state index in [1.54, 1.807) is 18.2 Å². The zero-order valence-corrected chi connectivity index (χ0v) is 18.4. The molecule has 4 aromatic rings. The van der Waals surface area contributed by atoms with Crippen molar-refractivity contribution >= 4 is 34.4 Å². The first-order chi connectivity index (χ1) is 16.1. The van der Waals surface area contributed by atoms with Crippen LogP contribution in [0.2, 0.25) is 0 Å². The molecule has 0 spiro atoms. The molecule has 10 heteroatoms. The molecule has 170 valence electrons. The number of fused-ring (bicyclic) bond motifs is 1. The molecule has 33 heavy (non-hydrogen) atoms. The van der Waals surface area contributed by atoms with Gasteiger partial charge in [-0.25, -0.2) is 4.39 Å². The molecule has 3 N–H and O–H groups in total. The van der Waals surface area contributed by atoms with Crippen molar-refractivity contribution in [1.29, 1.82) is 0 Å². The summed E-state index contributed by atoms with van der Waals surface area (Å²) < 4.78 is 26.4. The lowest BCUT2D eigenvalue weighted by Gasteiger charge is -2.28. The van der Waals surface area contributed by atoms with Crippen LogP contribution in [-0.2, 0) is 4.74 Å². The molecule has 0 bridgehead atoms. The molecule has 1 aliphatic heterocycles. The zero-order chi connectivity index (χ0) is 22.8. The van der Waals surface area contributed by atoms with Crippen molar-refractivity contribution in [1.82, 2.24) is 25.1 Å². The first-order valence-electron chi connectivity index (χ1n) is 10.7. The summed E-state index contributed by atoms with van der Waals surface area (Å²) in [6, 6.07) is 8.81. The molecule has 0 unspecified atom stereocenters. The summed E-state index contributed by atoms with van der Waals surface area (Å²) in [4.78, 5) is 14.2. The quantitative estimate of drug-likeness (QED) is 0.397. The summed E-state index contributed by atoms with van der Waals surface area (Å²) in [7, 11) is 0. The zero-order valence-electron chi connectivity index (χ0n) is 18.4. The molecule has 0 aliphatic carbocycles. The number of aromatic nitrogens is 5. The maximum absolute atomic E-state index is 15.1. The number of aryl methyl sites for hydroxylation is 1. The number of benzene rings is 1. The van der Waals surface area contributed by atoms with Gasteiger partial charge in [0.25, 0.3) is 0 Å².